The van der Waals surface area contributed by atoms with Crippen LogP contribution in [0.5, 0.6) is 5.75 Å². The number of ether oxygens (including phenoxy) is 1. The van der Waals surface area contributed by atoms with Crippen molar-refractivity contribution in [3.05, 3.63) is 68.8 Å². The van der Waals surface area contributed by atoms with Gasteiger partial charge in [0, 0.05) is 11.4 Å². The minimum Gasteiger partial charge on any atom is -0.482 e. The van der Waals surface area contributed by atoms with E-state index in [1.807, 2.05) is 26.0 Å². The average Bonchev–Trinajstić information content (AvgIpc) is 2.43. The van der Waals surface area contributed by atoms with Crippen LogP contribution in [0.3, 0.4) is 0 Å². The Morgan fingerprint density at radius 3 is 2.33 bits per heavy atom. The van der Waals surface area contributed by atoms with Crippen molar-refractivity contribution in [1.82, 2.24) is 0 Å². The van der Waals surface area contributed by atoms with E-state index in [4.69, 9.17) is 4.74 Å². The van der Waals surface area contributed by atoms with E-state index >= 15 is 0 Å². The summed E-state index contributed by atoms with van der Waals surface area (Å²) in [5.74, 6) is 0.302. The van der Waals surface area contributed by atoms with Gasteiger partial charge in [-0.1, -0.05) is 51.3 Å². The molecule has 0 spiro atoms. The quantitative estimate of drug-likeness (QED) is 0.447. The maximum absolute atomic E-state index is 11.1. The fourth-order valence-electron chi connectivity index (χ4n) is 2.22. The zero-order valence-corrected chi connectivity index (χ0v) is 13.5. The SMILES string of the molecule is Cc1cc(C)cc(COc2cc(CBr)ccc2[N+](=O)[O-])c1. The molecule has 5 heteroatoms. The number of hydrogen-bond donors (Lipinski definition) is 0. The summed E-state index contributed by atoms with van der Waals surface area (Å²) in [5.41, 5.74) is 4.24. The second-order valence-corrected chi connectivity index (χ2v) is 5.54. The molecule has 110 valence electrons. The highest BCUT2D eigenvalue weighted by atomic mass is 79.9. The molecule has 0 fully saturated rings. The third-order valence-corrected chi connectivity index (χ3v) is 3.70. The molecule has 0 atom stereocenters. The van der Waals surface area contributed by atoms with E-state index in [9.17, 15) is 10.1 Å². The van der Waals surface area contributed by atoms with Crippen molar-refractivity contribution < 1.29 is 9.66 Å². The molecule has 0 unspecified atom stereocenters. The van der Waals surface area contributed by atoms with Gasteiger partial charge in [0.1, 0.15) is 6.61 Å². The summed E-state index contributed by atoms with van der Waals surface area (Å²) in [6, 6.07) is 11.0. The molecule has 2 aromatic carbocycles. The van der Waals surface area contributed by atoms with Crippen LogP contribution < -0.4 is 4.74 Å². The van der Waals surface area contributed by atoms with E-state index in [1.165, 1.54) is 6.07 Å². The highest BCUT2D eigenvalue weighted by molar-refractivity contribution is 9.08. The minimum atomic E-state index is -0.422. The van der Waals surface area contributed by atoms with Crippen molar-refractivity contribution in [2.24, 2.45) is 0 Å². The number of aryl methyl sites for hydroxylation is 2. The van der Waals surface area contributed by atoms with Crippen LogP contribution in [0.15, 0.2) is 36.4 Å². The van der Waals surface area contributed by atoms with E-state index in [0.29, 0.717) is 17.7 Å². The van der Waals surface area contributed by atoms with Crippen LogP contribution in [-0.2, 0) is 11.9 Å². The predicted molar refractivity (Wildman–Crippen MR) is 86.0 cm³/mol. The fraction of sp³-hybridized carbons (Fsp3) is 0.250. The fourth-order valence-corrected chi connectivity index (χ4v) is 2.57. The molecule has 0 radical (unpaired) electrons. The van der Waals surface area contributed by atoms with Gasteiger partial charge in [-0.2, -0.15) is 0 Å². The van der Waals surface area contributed by atoms with Crippen LogP contribution in [-0.4, -0.2) is 4.92 Å². The zero-order chi connectivity index (χ0) is 15.4. The molecule has 0 aromatic heterocycles. The molecule has 0 saturated heterocycles. The molecule has 0 amide bonds. The van der Waals surface area contributed by atoms with Crippen molar-refractivity contribution in [2.45, 2.75) is 25.8 Å². The number of halogens is 1. The Labute approximate surface area is 132 Å². The van der Waals surface area contributed by atoms with Gasteiger partial charge >= 0.3 is 5.69 Å². The van der Waals surface area contributed by atoms with Gasteiger partial charge in [-0.3, -0.25) is 10.1 Å². The van der Waals surface area contributed by atoms with Crippen LogP contribution >= 0.6 is 15.9 Å². The normalized spacial score (nSPS) is 10.4. The van der Waals surface area contributed by atoms with Gasteiger partial charge in [0.15, 0.2) is 5.75 Å². The molecular formula is C16H16BrNO3. The maximum atomic E-state index is 11.1. The summed E-state index contributed by atoms with van der Waals surface area (Å²) < 4.78 is 5.67. The monoisotopic (exact) mass is 349 g/mol. The third-order valence-electron chi connectivity index (χ3n) is 3.05. The topological polar surface area (TPSA) is 52.4 Å². The molecule has 0 aliphatic carbocycles. The van der Waals surface area contributed by atoms with Crippen LogP contribution in [0.25, 0.3) is 0 Å². The van der Waals surface area contributed by atoms with E-state index in [0.717, 1.165) is 22.3 Å². The number of nitrogens with zero attached hydrogens (tertiary/aromatic N) is 1. The van der Waals surface area contributed by atoms with E-state index in [2.05, 4.69) is 22.0 Å². The maximum Gasteiger partial charge on any atom is 0.310 e. The first-order valence-corrected chi connectivity index (χ1v) is 7.65. The lowest BCUT2D eigenvalue weighted by Gasteiger charge is -2.09. The van der Waals surface area contributed by atoms with Gasteiger partial charge in [0.25, 0.3) is 0 Å². The van der Waals surface area contributed by atoms with Crippen molar-refractivity contribution in [2.75, 3.05) is 0 Å². The van der Waals surface area contributed by atoms with Crippen molar-refractivity contribution >= 4 is 21.6 Å². The molecule has 0 aliphatic rings. The first-order valence-electron chi connectivity index (χ1n) is 6.53. The van der Waals surface area contributed by atoms with E-state index in [1.54, 1.807) is 12.1 Å². The Hall–Kier alpha value is -1.88. The Balaban J connectivity index is 2.23. The number of hydrogen-bond acceptors (Lipinski definition) is 3. The lowest BCUT2D eigenvalue weighted by atomic mass is 10.1. The third kappa shape index (κ3) is 4.04. The molecule has 0 N–H and O–H groups in total. The standard InChI is InChI=1S/C16H16BrNO3/c1-11-5-12(2)7-14(6-11)10-21-16-8-13(9-17)3-4-15(16)18(19)20/h3-8H,9-10H2,1-2H3. The molecule has 0 bridgehead atoms. The lowest BCUT2D eigenvalue weighted by Crippen LogP contribution is -2.00. The summed E-state index contributed by atoms with van der Waals surface area (Å²) in [6.45, 7) is 4.35. The number of rotatable bonds is 5. The average molecular weight is 350 g/mol. The Kier molecular flexibility index (Phi) is 4.96. The van der Waals surface area contributed by atoms with Gasteiger partial charge in [-0.25, -0.2) is 0 Å². The Bertz CT molecular complexity index is 650. The van der Waals surface area contributed by atoms with Crippen LogP contribution in [0.4, 0.5) is 5.69 Å². The van der Waals surface area contributed by atoms with Crippen LogP contribution in [0.1, 0.15) is 22.3 Å². The predicted octanol–water partition coefficient (Wildman–Crippen LogP) is 4.69. The summed E-state index contributed by atoms with van der Waals surface area (Å²) in [4.78, 5) is 10.6. The largest absolute Gasteiger partial charge is 0.482 e. The van der Waals surface area contributed by atoms with E-state index in [-0.39, 0.29) is 5.69 Å². The zero-order valence-electron chi connectivity index (χ0n) is 11.9. The van der Waals surface area contributed by atoms with Crippen molar-refractivity contribution in [3.63, 3.8) is 0 Å². The van der Waals surface area contributed by atoms with Gasteiger partial charge in [0.05, 0.1) is 4.92 Å². The summed E-state index contributed by atoms with van der Waals surface area (Å²) in [7, 11) is 0. The molecule has 21 heavy (non-hydrogen) atoms. The van der Waals surface area contributed by atoms with Crippen molar-refractivity contribution in [3.8, 4) is 5.75 Å². The second kappa shape index (κ2) is 6.72. The highest BCUT2D eigenvalue weighted by Gasteiger charge is 2.15. The Morgan fingerprint density at radius 1 is 1.10 bits per heavy atom. The molecule has 2 aromatic rings. The molecule has 0 heterocycles. The Morgan fingerprint density at radius 2 is 1.76 bits per heavy atom. The smallest absolute Gasteiger partial charge is 0.310 e. The number of benzene rings is 2. The highest BCUT2D eigenvalue weighted by Crippen LogP contribution is 2.29. The van der Waals surface area contributed by atoms with Gasteiger partial charge < -0.3 is 4.74 Å². The number of nitro groups is 1. The summed E-state index contributed by atoms with van der Waals surface area (Å²) in [5, 5.41) is 11.7. The molecular weight excluding hydrogens is 334 g/mol. The van der Waals surface area contributed by atoms with Gasteiger partial charge in [0.2, 0.25) is 0 Å². The van der Waals surface area contributed by atoms with E-state index < -0.39 is 4.92 Å². The van der Waals surface area contributed by atoms with Crippen molar-refractivity contribution in [1.29, 1.82) is 0 Å². The molecule has 2 rings (SSSR count). The minimum absolute atomic E-state index is 0.0101. The van der Waals surface area contributed by atoms with Crippen LogP contribution in [0, 0.1) is 24.0 Å². The molecule has 0 saturated carbocycles. The molecule has 0 aliphatic heterocycles. The number of nitro benzene ring substituents is 1. The van der Waals surface area contributed by atoms with Gasteiger partial charge in [-0.15, -0.1) is 0 Å². The summed E-state index contributed by atoms with van der Waals surface area (Å²) >= 11 is 3.34. The first-order chi connectivity index (χ1) is 9.99. The van der Waals surface area contributed by atoms with Crippen LogP contribution in [0.2, 0.25) is 0 Å². The van der Waals surface area contributed by atoms with Gasteiger partial charge in [-0.05, 0) is 31.0 Å². The second-order valence-electron chi connectivity index (χ2n) is 4.98. The number of alkyl halides is 1. The lowest BCUT2D eigenvalue weighted by molar-refractivity contribution is -0.386. The molecule has 4 nitrogen and oxygen atoms in total. The summed E-state index contributed by atoms with van der Waals surface area (Å²) in [6.07, 6.45) is 0. The first kappa shape index (κ1) is 15.5.